The van der Waals surface area contributed by atoms with Crippen LogP contribution in [0.25, 0.3) is 0 Å². The molecule has 1 rings (SSSR count). The van der Waals surface area contributed by atoms with Crippen LogP contribution in [0.3, 0.4) is 0 Å². The predicted molar refractivity (Wildman–Crippen MR) is 45.5 cm³/mol. The molecular weight excluding hydrogens is 152 g/mol. The topological polar surface area (TPSA) is 35.0 Å². The van der Waals surface area contributed by atoms with Gasteiger partial charge in [0.25, 0.3) is 0 Å². The first-order valence-corrected chi connectivity index (χ1v) is 3.61. The third-order valence-corrected chi connectivity index (χ3v) is 1.23. The van der Waals surface area contributed by atoms with Crippen LogP contribution in [-0.2, 0) is 4.74 Å². The van der Waals surface area contributed by atoms with Gasteiger partial charge in [0, 0.05) is 7.11 Å². The van der Waals surface area contributed by atoms with Gasteiger partial charge in [-0.05, 0) is 25.0 Å². The summed E-state index contributed by atoms with van der Waals surface area (Å²) in [5.74, 6) is 5.62. The number of hydrogen-bond donors (Lipinski definition) is 0. The van der Waals surface area contributed by atoms with E-state index in [0.717, 1.165) is 5.69 Å². The molecule has 0 aliphatic heterocycles. The van der Waals surface area contributed by atoms with Crippen LogP contribution in [0.5, 0.6) is 0 Å². The van der Waals surface area contributed by atoms with Gasteiger partial charge in [-0.2, -0.15) is 5.10 Å². The third kappa shape index (κ3) is 2.69. The number of hydrogen-bond acceptors (Lipinski definition) is 3. The summed E-state index contributed by atoms with van der Waals surface area (Å²) in [7, 11) is 1.61. The van der Waals surface area contributed by atoms with Crippen molar-refractivity contribution >= 4 is 0 Å². The molecule has 1 aromatic heterocycles. The first kappa shape index (κ1) is 8.69. The lowest BCUT2D eigenvalue weighted by molar-refractivity contribution is 0.240. The summed E-state index contributed by atoms with van der Waals surface area (Å²) < 4.78 is 4.77. The summed E-state index contributed by atoms with van der Waals surface area (Å²) in [6.07, 6.45) is 0. The van der Waals surface area contributed by atoms with Crippen molar-refractivity contribution in [3.63, 3.8) is 0 Å². The van der Waals surface area contributed by atoms with Crippen LogP contribution in [-0.4, -0.2) is 23.9 Å². The molecule has 62 valence electrons. The molecule has 0 aliphatic carbocycles. The van der Waals surface area contributed by atoms with E-state index in [0.29, 0.717) is 12.3 Å². The molecule has 0 aliphatic rings. The largest absolute Gasteiger partial charge is 0.372 e. The Labute approximate surface area is 71.8 Å². The van der Waals surface area contributed by atoms with Gasteiger partial charge in [0.05, 0.1) is 5.69 Å². The number of aryl methyl sites for hydroxylation is 1. The standard InChI is InChI=1S/C9H10N2O/c1-8-5-6-9(11-10-8)4-3-7-12-2/h5-6H,7H2,1-2H3. The molecule has 3 heteroatoms. The second-order valence-corrected chi connectivity index (χ2v) is 2.29. The van der Waals surface area contributed by atoms with E-state index in [1.54, 1.807) is 7.11 Å². The Kier molecular flexibility index (Phi) is 3.24. The van der Waals surface area contributed by atoms with Gasteiger partial charge < -0.3 is 4.74 Å². The van der Waals surface area contributed by atoms with E-state index in [-0.39, 0.29) is 0 Å². The maximum absolute atomic E-state index is 4.77. The van der Waals surface area contributed by atoms with Crippen molar-refractivity contribution in [3.8, 4) is 11.8 Å². The molecule has 0 fully saturated rings. The fourth-order valence-electron chi connectivity index (χ4n) is 0.664. The average Bonchev–Trinajstić information content (AvgIpc) is 2.09. The highest BCUT2D eigenvalue weighted by Gasteiger charge is 1.87. The normalized spacial score (nSPS) is 8.83. The first-order chi connectivity index (χ1) is 5.83. The molecule has 1 heterocycles. The Morgan fingerprint density at radius 1 is 1.42 bits per heavy atom. The molecule has 0 saturated carbocycles. The number of aromatic nitrogens is 2. The zero-order chi connectivity index (χ0) is 8.81. The van der Waals surface area contributed by atoms with Gasteiger partial charge in [-0.25, -0.2) is 0 Å². The van der Waals surface area contributed by atoms with Gasteiger partial charge in [-0.15, -0.1) is 5.10 Å². The third-order valence-electron chi connectivity index (χ3n) is 1.23. The maximum atomic E-state index is 4.77. The van der Waals surface area contributed by atoms with Crippen molar-refractivity contribution in [1.29, 1.82) is 0 Å². The second kappa shape index (κ2) is 4.47. The SMILES string of the molecule is COCC#Cc1ccc(C)nn1. The monoisotopic (exact) mass is 162 g/mol. The van der Waals surface area contributed by atoms with E-state index in [2.05, 4.69) is 22.0 Å². The fraction of sp³-hybridized carbons (Fsp3) is 0.333. The van der Waals surface area contributed by atoms with Crippen LogP contribution in [0.2, 0.25) is 0 Å². The Morgan fingerprint density at radius 2 is 2.25 bits per heavy atom. The Hall–Kier alpha value is -1.40. The molecule has 0 amide bonds. The van der Waals surface area contributed by atoms with Crippen LogP contribution in [0, 0.1) is 18.8 Å². The van der Waals surface area contributed by atoms with Crippen LogP contribution in [0.4, 0.5) is 0 Å². The predicted octanol–water partition coefficient (Wildman–Crippen LogP) is 0.783. The van der Waals surface area contributed by atoms with Crippen molar-refractivity contribution in [2.75, 3.05) is 13.7 Å². The lowest BCUT2D eigenvalue weighted by atomic mass is 10.3. The highest BCUT2D eigenvalue weighted by molar-refractivity contribution is 5.26. The van der Waals surface area contributed by atoms with Gasteiger partial charge in [0.1, 0.15) is 12.3 Å². The van der Waals surface area contributed by atoms with E-state index in [9.17, 15) is 0 Å². The lowest BCUT2D eigenvalue weighted by Crippen LogP contribution is -1.89. The molecule has 3 nitrogen and oxygen atoms in total. The molecule has 0 saturated heterocycles. The van der Waals surface area contributed by atoms with Crippen molar-refractivity contribution in [2.24, 2.45) is 0 Å². The van der Waals surface area contributed by atoms with Crippen molar-refractivity contribution < 1.29 is 4.74 Å². The van der Waals surface area contributed by atoms with Crippen molar-refractivity contribution in [1.82, 2.24) is 10.2 Å². The van der Waals surface area contributed by atoms with Gasteiger partial charge >= 0.3 is 0 Å². The summed E-state index contributed by atoms with van der Waals surface area (Å²) in [4.78, 5) is 0. The minimum atomic E-state index is 0.426. The minimum Gasteiger partial charge on any atom is -0.372 e. The molecule has 0 unspecified atom stereocenters. The van der Waals surface area contributed by atoms with Gasteiger partial charge in [0.15, 0.2) is 0 Å². The number of nitrogens with zero attached hydrogens (tertiary/aromatic N) is 2. The quantitative estimate of drug-likeness (QED) is 0.572. The highest BCUT2D eigenvalue weighted by Crippen LogP contribution is 1.91. The molecule has 0 radical (unpaired) electrons. The number of rotatable bonds is 1. The summed E-state index contributed by atoms with van der Waals surface area (Å²) >= 11 is 0. The molecular formula is C9H10N2O. The Morgan fingerprint density at radius 3 is 2.83 bits per heavy atom. The zero-order valence-corrected chi connectivity index (χ0v) is 7.16. The maximum Gasteiger partial charge on any atom is 0.135 e. The summed E-state index contributed by atoms with van der Waals surface area (Å²) in [5, 5.41) is 7.74. The van der Waals surface area contributed by atoms with Gasteiger partial charge in [-0.1, -0.05) is 5.92 Å². The molecule has 0 atom stereocenters. The average molecular weight is 162 g/mol. The number of ether oxygens (including phenoxy) is 1. The molecule has 0 aromatic carbocycles. The smallest absolute Gasteiger partial charge is 0.135 e. The van der Waals surface area contributed by atoms with Crippen LogP contribution < -0.4 is 0 Å². The van der Waals surface area contributed by atoms with E-state index < -0.39 is 0 Å². The summed E-state index contributed by atoms with van der Waals surface area (Å²) in [6.45, 7) is 2.31. The summed E-state index contributed by atoms with van der Waals surface area (Å²) in [6, 6.07) is 3.72. The van der Waals surface area contributed by atoms with E-state index >= 15 is 0 Å². The second-order valence-electron chi connectivity index (χ2n) is 2.29. The van der Waals surface area contributed by atoms with Crippen LogP contribution in [0.1, 0.15) is 11.4 Å². The van der Waals surface area contributed by atoms with E-state index in [1.807, 2.05) is 19.1 Å². The summed E-state index contributed by atoms with van der Waals surface area (Å²) in [5.41, 5.74) is 1.57. The molecule has 12 heavy (non-hydrogen) atoms. The van der Waals surface area contributed by atoms with Crippen molar-refractivity contribution in [3.05, 3.63) is 23.5 Å². The highest BCUT2D eigenvalue weighted by atomic mass is 16.5. The Bertz CT molecular complexity index is 295. The minimum absolute atomic E-state index is 0.426. The zero-order valence-electron chi connectivity index (χ0n) is 7.16. The van der Waals surface area contributed by atoms with E-state index in [1.165, 1.54) is 0 Å². The fourth-order valence-corrected chi connectivity index (χ4v) is 0.664. The number of methoxy groups -OCH3 is 1. The molecule has 1 aromatic rings. The van der Waals surface area contributed by atoms with E-state index in [4.69, 9.17) is 4.74 Å². The lowest BCUT2D eigenvalue weighted by Gasteiger charge is -1.89. The molecule has 0 N–H and O–H groups in total. The van der Waals surface area contributed by atoms with Gasteiger partial charge in [-0.3, -0.25) is 0 Å². The van der Waals surface area contributed by atoms with Crippen molar-refractivity contribution in [2.45, 2.75) is 6.92 Å². The first-order valence-electron chi connectivity index (χ1n) is 3.61. The Balaban J connectivity index is 2.66. The van der Waals surface area contributed by atoms with Crippen LogP contribution >= 0.6 is 0 Å². The van der Waals surface area contributed by atoms with Gasteiger partial charge in [0.2, 0.25) is 0 Å². The molecule has 0 spiro atoms. The van der Waals surface area contributed by atoms with Crippen LogP contribution in [0.15, 0.2) is 12.1 Å². The molecule has 0 bridgehead atoms.